The SMILES string of the molecule is O=Cc1ccccc1C(F)(F)Oc1ccc(-c2ccccc2F)cc1. The molecule has 0 saturated heterocycles. The first-order valence-corrected chi connectivity index (χ1v) is 7.48. The largest absolute Gasteiger partial charge is 0.429 e. The van der Waals surface area contributed by atoms with E-state index in [0.717, 1.165) is 6.07 Å². The van der Waals surface area contributed by atoms with Gasteiger partial charge in [0.1, 0.15) is 11.6 Å². The van der Waals surface area contributed by atoms with Crippen LogP contribution in [0.25, 0.3) is 11.1 Å². The Hall–Kier alpha value is -3.08. The summed E-state index contributed by atoms with van der Waals surface area (Å²) in [5.74, 6) is -0.493. The van der Waals surface area contributed by atoms with Crippen LogP contribution >= 0.6 is 0 Å². The fraction of sp³-hybridized carbons (Fsp3) is 0.0500. The third kappa shape index (κ3) is 3.55. The zero-order valence-corrected chi connectivity index (χ0v) is 13.0. The molecule has 0 bridgehead atoms. The van der Waals surface area contributed by atoms with Gasteiger partial charge in [0.25, 0.3) is 0 Å². The molecule has 0 saturated carbocycles. The van der Waals surface area contributed by atoms with Gasteiger partial charge in [-0.05, 0) is 29.8 Å². The minimum Gasteiger partial charge on any atom is -0.429 e. The van der Waals surface area contributed by atoms with Gasteiger partial charge in [-0.1, -0.05) is 48.5 Å². The molecule has 3 rings (SSSR count). The monoisotopic (exact) mass is 342 g/mol. The van der Waals surface area contributed by atoms with E-state index in [-0.39, 0.29) is 11.3 Å². The molecular weight excluding hydrogens is 329 g/mol. The van der Waals surface area contributed by atoms with Crippen LogP contribution in [0.2, 0.25) is 0 Å². The second kappa shape index (κ2) is 6.81. The van der Waals surface area contributed by atoms with Crippen molar-refractivity contribution in [1.82, 2.24) is 0 Å². The number of alkyl halides is 2. The lowest BCUT2D eigenvalue weighted by Gasteiger charge is -2.19. The Morgan fingerprint density at radius 2 is 1.48 bits per heavy atom. The standard InChI is InChI=1S/C20H13F3O2/c21-19-8-4-2-6-17(19)14-9-11-16(12-10-14)25-20(22,23)18-7-3-1-5-15(18)13-24/h1-13H. The topological polar surface area (TPSA) is 26.3 Å². The Kier molecular flexibility index (Phi) is 4.57. The first-order chi connectivity index (χ1) is 12.0. The molecular formula is C20H13F3O2. The van der Waals surface area contributed by atoms with Gasteiger partial charge in [0.2, 0.25) is 0 Å². The second-order valence-corrected chi connectivity index (χ2v) is 5.33. The number of hydrogen-bond acceptors (Lipinski definition) is 2. The Balaban J connectivity index is 1.86. The smallest absolute Gasteiger partial charge is 0.427 e. The number of carbonyl (C=O) groups is 1. The van der Waals surface area contributed by atoms with Crippen molar-refractivity contribution in [1.29, 1.82) is 0 Å². The van der Waals surface area contributed by atoms with E-state index in [1.165, 1.54) is 48.5 Å². The number of aldehydes is 1. The van der Waals surface area contributed by atoms with Crippen molar-refractivity contribution < 1.29 is 22.7 Å². The minimum absolute atomic E-state index is 0.0919. The molecule has 0 aromatic heterocycles. The number of halogens is 3. The lowest BCUT2D eigenvalue weighted by Crippen LogP contribution is -2.23. The molecule has 0 aliphatic heterocycles. The number of benzene rings is 3. The van der Waals surface area contributed by atoms with Gasteiger partial charge in [0.15, 0.2) is 6.29 Å². The van der Waals surface area contributed by atoms with Crippen molar-refractivity contribution in [2.45, 2.75) is 6.11 Å². The summed E-state index contributed by atoms with van der Waals surface area (Å²) in [6.07, 6.45) is -3.31. The Morgan fingerprint density at radius 3 is 2.16 bits per heavy atom. The average molecular weight is 342 g/mol. The number of carbonyl (C=O) groups excluding carboxylic acids is 1. The van der Waals surface area contributed by atoms with E-state index in [1.54, 1.807) is 18.2 Å². The molecule has 5 heteroatoms. The molecule has 0 aliphatic carbocycles. The lowest BCUT2D eigenvalue weighted by molar-refractivity contribution is -0.185. The van der Waals surface area contributed by atoms with E-state index < -0.39 is 17.5 Å². The molecule has 0 aliphatic rings. The first kappa shape index (κ1) is 16.8. The van der Waals surface area contributed by atoms with Crippen LogP contribution in [-0.2, 0) is 6.11 Å². The Morgan fingerprint density at radius 1 is 0.840 bits per heavy atom. The number of hydrogen-bond donors (Lipinski definition) is 0. The summed E-state index contributed by atoms with van der Waals surface area (Å²) in [5, 5.41) is 0. The highest BCUT2D eigenvalue weighted by Gasteiger charge is 2.36. The van der Waals surface area contributed by atoms with Crippen molar-refractivity contribution in [3.05, 3.63) is 89.7 Å². The van der Waals surface area contributed by atoms with Crippen LogP contribution < -0.4 is 4.74 Å². The third-order valence-electron chi connectivity index (χ3n) is 3.69. The van der Waals surface area contributed by atoms with Crippen molar-refractivity contribution in [3.63, 3.8) is 0 Å². The highest BCUT2D eigenvalue weighted by Crippen LogP contribution is 2.34. The summed E-state index contributed by atoms with van der Waals surface area (Å²) in [6, 6.07) is 17.2. The maximum absolute atomic E-state index is 14.3. The van der Waals surface area contributed by atoms with E-state index in [0.29, 0.717) is 17.4 Å². The van der Waals surface area contributed by atoms with Gasteiger partial charge in [-0.2, -0.15) is 8.78 Å². The molecule has 0 fully saturated rings. The third-order valence-corrected chi connectivity index (χ3v) is 3.69. The van der Waals surface area contributed by atoms with E-state index in [9.17, 15) is 18.0 Å². The molecule has 0 heterocycles. The van der Waals surface area contributed by atoms with Gasteiger partial charge >= 0.3 is 6.11 Å². The zero-order valence-electron chi connectivity index (χ0n) is 13.0. The van der Waals surface area contributed by atoms with Gasteiger partial charge in [-0.3, -0.25) is 4.79 Å². The van der Waals surface area contributed by atoms with Gasteiger partial charge < -0.3 is 4.74 Å². The van der Waals surface area contributed by atoms with E-state index >= 15 is 0 Å². The van der Waals surface area contributed by atoms with Crippen LogP contribution in [-0.4, -0.2) is 6.29 Å². The Labute approximate surface area is 142 Å². The number of ether oxygens (including phenoxy) is 1. The van der Waals surface area contributed by atoms with Crippen LogP contribution in [0.5, 0.6) is 5.75 Å². The van der Waals surface area contributed by atoms with Gasteiger partial charge in [-0.15, -0.1) is 0 Å². The quantitative estimate of drug-likeness (QED) is 0.578. The molecule has 3 aromatic rings. The predicted octanol–water partition coefficient (Wildman–Crippen LogP) is 5.43. The summed E-state index contributed by atoms with van der Waals surface area (Å²) >= 11 is 0. The Bertz CT molecular complexity index is 889. The normalized spacial score (nSPS) is 11.2. The lowest BCUT2D eigenvalue weighted by atomic mass is 10.1. The molecule has 0 spiro atoms. The van der Waals surface area contributed by atoms with Crippen molar-refractivity contribution in [3.8, 4) is 16.9 Å². The average Bonchev–Trinajstić information content (AvgIpc) is 2.62. The molecule has 0 N–H and O–H groups in total. The maximum atomic E-state index is 14.3. The molecule has 3 aromatic carbocycles. The molecule has 0 radical (unpaired) electrons. The second-order valence-electron chi connectivity index (χ2n) is 5.33. The molecule has 2 nitrogen and oxygen atoms in total. The summed E-state index contributed by atoms with van der Waals surface area (Å²) in [5.41, 5.74) is 0.257. The predicted molar refractivity (Wildman–Crippen MR) is 88.2 cm³/mol. The van der Waals surface area contributed by atoms with Gasteiger partial charge in [0.05, 0.1) is 5.56 Å². The van der Waals surface area contributed by atoms with Gasteiger partial charge in [-0.25, -0.2) is 4.39 Å². The highest BCUT2D eigenvalue weighted by atomic mass is 19.3. The first-order valence-electron chi connectivity index (χ1n) is 7.48. The molecule has 126 valence electrons. The summed E-state index contributed by atoms with van der Waals surface area (Å²) in [4.78, 5) is 10.9. The highest BCUT2D eigenvalue weighted by molar-refractivity contribution is 5.77. The van der Waals surface area contributed by atoms with Crippen LogP contribution in [0, 0.1) is 5.82 Å². The molecule has 0 unspecified atom stereocenters. The van der Waals surface area contributed by atoms with Crippen LogP contribution in [0.4, 0.5) is 13.2 Å². The fourth-order valence-corrected chi connectivity index (χ4v) is 2.47. The van der Waals surface area contributed by atoms with E-state index in [1.807, 2.05) is 0 Å². The summed E-state index contributed by atoms with van der Waals surface area (Å²) in [6.45, 7) is 0. The molecule has 0 atom stereocenters. The van der Waals surface area contributed by atoms with Crippen molar-refractivity contribution in [2.75, 3.05) is 0 Å². The van der Waals surface area contributed by atoms with E-state index in [4.69, 9.17) is 4.74 Å². The van der Waals surface area contributed by atoms with Gasteiger partial charge in [0, 0.05) is 11.1 Å². The maximum Gasteiger partial charge on any atom is 0.427 e. The van der Waals surface area contributed by atoms with Crippen LogP contribution in [0.15, 0.2) is 72.8 Å². The zero-order chi connectivity index (χ0) is 17.9. The summed E-state index contributed by atoms with van der Waals surface area (Å²) < 4.78 is 47.2. The number of rotatable bonds is 5. The van der Waals surface area contributed by atoms with Crippen molar-refractivity contribution in [2.24, 2.45) is 0 Å². The minimum atomic E-state index is -3.67. The fourth-order valence-electron chi connectivity index (χ4n) is 2.47. The van der Waals surface area contributed by atoms with Crippen molar-refractivity contribution >= 4 is 6.29 Å². The molecule has 0 amide bonds. The molecule has 25 heavy (non-hydrogen) atoms. The van der Waals surface area contributed by atoms with Crippen LogP contribution in [0.3, 0.4) is 0 Å². The van der Waals surface area contributed by atoms with Crippen LogP contribution in [0.1, 0.15) is 15.9 Å². The van der Waals surface area contributed by atoms with E-state index in [2.05, 4.69) is 0 Å². The summed E-state index contributed by atoms with van der Waals surface area (Å²) in [7, 11) is 0.